The number of hydrogen-bond acceptors (Lipinski definition) is 8. The van der Waals surface area contributed by atoms with E-state index in [1.54, 1.807) is 7.11 Å². The van der Waals surface area contributed by atoms with E-state index in [1.165, 1.54) is 5.57 Å². The third kappa shape index (κ3) is 4.70. The number of hydrogen-bond donors (Lipinski definition) is 0. The summed E-state index contributed by atoms with van der Waals surface area (Å²) in [6.07, 6.45) is 12.4. The molecule has 0 N–H and O–H groups in total. The third-order valence-corrected chi connectivity index (χ3v) is 15.3. The summed E-state index contributed by atoms with van der Waals surface area (Å²) in [6, 6.07) is 0. The molecular formula is C36H52N2O6S. The van der Waals surface area contributed by atoms with Crippen LogP contribution in [-0.4, -0.2) is 53.1 Å². The zero-order valence-electron chi connectivity index (χ0n) is 28.5. The van der Waals surface area contributed by atoms with Crippen LogP contribution in [0.25, 0.3) is 0 Å². The summed E-state index contributed by atoms with van der Waals surface area (Å²) in [5.41, 5.74) is 2.17. The second-order valence-corrected chi connectivity index (χ2v) is 18.0. The molecule has 0 spiro atoms. The van der Waals surface area contributed by atoms with Crippen molar-refractivity contribution >= 4 is 40.6 Å². The second kappa shape index (κ2) is 10.7. The molecule has 45 heavy (non-hydrogen) atoms. The van der Waals surface area contributed by atoms with Gasteiger partial charge in [-0.2, -0.15) is 0 Å². The number of methoxy groups -OCH3 is 1. The Hall–Kier alpha value is -2.16. The highest BCUT2D eigenvalue weighted by Gasteiger charge is 2.69. The van der Waals surface area contributed by atoms with Gasteiger partial charge in [-0.3, -0.25) is 19.3 Å². The van der Waals surface area contributed by atoms with Gasteiger partial charge in [0.05, 0.1) is 24.0 Å². The number of oxime groups is 1. The average Bonchev–Trinajstić information content (AvgIpc) is 3.28. The van der Waals surface area contributed by atoms with Crippen LogP contribution in [0, 0.1) is 50.2 Å². The molecule has 9 heteroatoms. The highest BCUT2D eigenvalue weighted by molar-refractivity contribution is 8.14. The number of fused-ring (bicyclic) bond motifs is 7. The van der Waals surface area contributed by atoms with Crippen molar-refractivity contribution in [3.8, 4) is 0 Å². The number of carbonyl (C=O) groups is 4. The summed E-state index contributed by atoms with van der Waals surface area (Å²) in [5.74, 6) is 0.105. The summed E-state index contributed by atoms with van der Waals surface area (Å²) >= 11 is 0.905. The number of allylic oxidation sites excluding steroid dienone is 2. The van der Waals surface area contributed by atoms with Crippen LogP contribution in [0.5, 0.6) is 0 Å². The van der Waals surface area contributed by atoms with Gasteiger partial charge >= 0.3 is 11.9 Å². The predicted molar refractivity (Wildman–Crippen MR) is 174 cm³/mol. The van der Waals surface area contributed by atoms with E-state index in [9.17, 15) is 19.2 Å². The topological polar surface area (TPSA) is 102 Å². The first-order chi connectivity index (χ1) is 20.9. The number of rotatable bonds is 4. The molecule has 0 aromatic heterocycles. The molecule has 4 saturated carbocycles. The monoisotopic (exact) mass is 640 g/mol. The Morgan fingerprint density at radius 3 is 2.36 bits per heavy atom. The lowest BCUT2D eigenvalue weighted by atomic mass is 9.33. The van der Waals surface area contributed by atoms with Crippen molar-refractivity contribution in [1.29, 1.82) is 0 Å². The molecule has 0 bridgehead atoms. The molecule has 7 atom stereocenters. The Bertz CT molecular complexity index is 1370. The van der Waals surface area contributed by atoms with E-state index < -0.39 is 23.2 Å². The van der Waals surface area contributed by atoms with Gasteiger partial charge in [0.1, 0.15) is 6.54 Å². The first kappa shape index (κ1) is 32.8. The zero-order chi connectivity index (χ0) is 32.8. The summed E-state index contributed by atoms with van der Waals surface area (Å²) in [7, 11) is 1.56. The van der Waals surface area contributed by atoms with Crippen LogP contribution in [0.15, 0.2) is 16.8 Å². The minimum Gasteiger partial charge on any atom is -0.469 e. The van der Waals surface area contributed by atoms with Gasteiger partial charge in [-0.25, -0.2) is 4.79 Å². The molecule has 0 unspecified atom stereocenters. The van der Waals surface area contributed by atoms with Gasteiger partial charge in [0, 0.05) is 5.41 Å². The SMILES string of the molecule is COC(=O)[C@]12CCC(C)(C)C[C@@H]1C1=CC[C@H]3[C@@]4(C)CC/C(=N/OC(=O)CN5C(=O)CSC5=O)C(C)(C)[C@@H]4CC[C@@]3(C)[C@]1(C)CC2. The first-order valence-corrected chi connectivity index (χ1v) is 18.0. The van der Waals surface area contributed by atoms with Gasteiger partial charge < -0.3 is 9.57 Å². The quantitative estimate of drug-likeness (QED) is 0.135. The van der Waals surface area contributed by atoms with Crippen LogP contribution in [-0.2, 0) is 24.0 Å². The van der Waals surface area contributed by atoms with E-state index in [1.807, 2.05) is 0 Å². The lowest BCUT2D eigenvalue weighted by Gasteiger charge is -2.70. The largest absolute Gasteiger partial charge is 0.469 e. The van der Waals surface area contributed by atoms with Crippen molar-refractivity contribution in [2.75, 3.05) is 19.4 Å². The molecule has 0 aromatic carbocycles. The number of esters is 1. The van der Waals surface area contributed by atoms with E-state index >= 15 is 0 Å². The number of amides is 2. The summed E-state index contributed by atoms with van der Waals surface area (Å²) in [5, 5.41) is 3.98. The number of carbonyl (C=O) groups excluding carboxylic acids is 4. The van der Waals surface area contributed by atoms with E-state index in [0.717, 1.165) is 86.6 Å². The lowest BCUT2D eigenvalue weighted by molar-refractivity contribution is -0.181. The molecule has 0 aromatic rings. The fourth-order valence-corrected chi connectivity index (χ4v) is 12.3. The average molecular weight is 641 g/mol. The van der Waals surface area contributed by atoms with Gasteiger partial charge in [-0.1, -0.05) is 77.0 Å². The minimum atomic E-state index is -0.684. The lowest BCUT2D eigenvalue weighted by Crippen LogP contribution is -2.64. The van der Waals surface area contributed by atoms with E-state index in [-0.39, 0.29) is 50.6 Å². The minimum absolute atomic E-state index is 0.00652. The Balaban J connectivity index is 1.27. The van der Waals surface area contributed by atoms with Crippen LogP contribution in [0.2, 0.25) is 0 Å². The number of ether oxygens (including phenoxy) is 1. The van der Waals surface area contributed by atoms with E-state index in [4.69, 9.17) is 9.57 Å². The molecule has 5 aliphatic carbocycles. The molecule has 248 valence electrons. The molecule has 1 heterocycles. The number of nitrogens with zero attached hydrogens (tertiary/aromatic N) is 2. The normalized spacial score (nSPS) is 42.6. The Labute approximate surface area is 272 Å². The van der Waals surface area contributed by atoms with Crippen molar-refractivity contribution < 1.29 is 28.8 Å². The van der Waals surface area contributed by atoms with Crippen molar-refractivity contribution in [1.82, 2.24) is 4.90 Å². The molecule has 8 nitrogen and oxygen atoms in total. The number of imide groups is 1. The van der Waals surface area contributed by atoms with Crippen molar-refractivity contribution in [3.63, 3.8) is 0 Å². The second-order valence-electron chi connectivity index (χ2n) is 17.1. The Morgan fingerprint density at radius 1 is 0.978 bits per heavy atom. The molecule has 1 saturated heterocycles. The van der Waals surface area contributed by atoms with Crippen LogP contribution in [0.4, 0.5) is 4.79 Å². The molecule has 1 aliphatic heterocycles. The molecule has 6 aliphatic rings. The smallest absolute Gasteiger partial charge is 0.354 e. The molecular weight excluding hydrogens is 588 g/mol. The van der Waals surface area contributed by atoms with Crippen molar-refractivity contribution in [3.05, 3.63) is 11.6 Å². The standard InChI is InChI=1S/C36H52N2O6S/c1-31(2)15-17-36(29(41)43-8)18-16-34(6)22(23(36)19-31)9-10-25-33(5)13-12-26(32(3,4)24(33)11-14-35(25,34)7)37-44-28(40)20-38-27(39)21-45-30(38)42/h9,23-25H,10-21H2,1-8H3/b37-26-/t23-,24+,25+,33+,34-,35-,36+/m1/s1. The van der Waals surface area contributed by atoms with Crippen molar-refractivity contribution in [2.45, 2.75) is 113 Å². The predicted octanol–water partition coefficient (Wildman–Crippen LogP) is 7.56. The summed E-state index contributed by atoms with van der Waals surface area (Å²) in [4.78, 5) is 56.3. The van der Waals surface area contributed by atoms with Crippen LogP contribution >= 0.6 is 11.8 Å². The fraction of sp³-hybridized carbons (Fsp3) is 0.806. The van der Waals surface area contributed by atoms with Crippen LogP contribution in [0.1, 0.15) is 113 Å². The highest BCUT2D eigenvalue weighted by atomic mass is 32.2. The zero-order valence-corrected chi connectivity index (χ0v) is 29.4. The summed E-state index contributed by atoms with van der Waals surface area (Å²) < 4.78 is 5.52. The van der Waals surface area contributed by atoms with Gasteiger partial charge in [0.15, 0.2) is 0 Å². The maximum atomic E-state index is 13.5. The first-order valence-electron chi connectivity index (χ1n) is 17.0. The molecule has 0 radical (unpaired) electrons. The Morgan fingerprint density at radius 2 is 1.69 bits per heavy atom. The van der Waals surface area contributed by atoms with Crippen molar-refractivity contribution in [2.24, 2.45) is 55.4 Å². The fourth-order valence-electron chi connectivity index (χ4n) is 11.6. The molecule has 6 rings (SSSR count). The van der Waals surface area contributed by atoms with E-state index in [0.29, 0.717) is 11.8 Å². The number of thioether (sulfide) groups is 1. The van der Waals surface area contributed by atoms with Gasteiger partial charge in [-0.15, -0.1) is 0 Å². The molecule has 5 fully saturated rings. The molecule has 2 amide bonds. The van der Waals surface area contributed by atoms with Gasteiger partial charge in [0.25, 0.3) is 5.24 Å². The maximum Gasteiger partial charge on any atom is 0.354 e. The van der Waals surface area contributed by atoms with Gasteiger partial charge in [-0.05, 0) is 104 Å². The van der Waals surface area contributed by atoms with Crippen LogP contribution in [0.3, 0.4) is 0 Å². The highest BCUT2D eigenvalue weighted by Crippen LogP contribution is 2.75. The van der Waals surface area contributed by atoms with E-state index in [2.05, 4.69) is 59.7 Å². The Kier molecular flexibility index (Phi) is 7.78. The summed E-state index contributed by atoms with van der Waals surface area (Å²) in [6.45, 7) is 16.4. The maximum absolute atomic E-state index is 13.5. The van der Waals surface area contributed by atoms with Crippen LogP contribution < -0.4 is 0 Å². The third-order valence-electron chi connectivity index (χ3n) is 14.4. The van der Waals surface area contributed by atoms with Gasteiger partial charge in [0.2, 0.25) is 5.91 Å².